The van der Waals surface area contributed by atoms with Crippen LogP contribution >= 0.6 is 0 Å². The molecule has 2 atom stereocenters. The molecule has 1 aliphatic heterocycles. The lowest BCUT2D eigenvalue weighted by Crippen LogP contribution is -2.49. The highest BCUT2D eigenvalue weighted by atomic mass is 16.6. The number of amides is 1. The number of carboxylic acids is 1. The van der Waals surface area contributed by atoms with Crippen LogP contribution in [0.4, 0.5) is 0 Å². The van der Waals surface area contributed by atoms with E-state index in [9.17, 15) is 9.59 Å². The Balaban J connectivity index is 2.51. The molecule has 1 rings (SSSR count). The number of aliphatic carboxylic acids is 1. The number of hydrogen-bond acceptors (Lipinski definition) is 4. The highest BCUT2D eigenvalue weighted by Gasteiger charge is 2.60. The Morgan fingerprint density at radius 2 is 1.85 bits per heavy atom. The summed E-state index contributed by atoms with van der Waals surface area (Å²) in [5, 5.41) is 11.7. The van der Waals surface area contributed by atoms with Gasteiger partial charge in [-0.05, 0) is 18.3 Å². The third kappa shape index (κ3) is 4.76. The van der Waals surface area contributed by atoms with Crippen LogP contribution < -0.4 is 5.32 Å². The number of epoxide rings is 1. The SMILES string of the molecule is CC(C)COC[C@H](CC(C)C)NC(=O)C1(C(=O)O)CO1. The molecule has 1 saturated heterocycles. The maximum atomic E-state index is 12.0. The summed E-state index contributed by atoms with van der Waals surface area (Å²) in [6.07, 6.45) is 0.736. The molecule has 1 aliphatic rings. The maximum Gasteiger partial charge on any atom is 0.348 e. The molecular weight excluding hydrogens is 262 g/mol. The first-order valence-electron chi connectivity index (χ1n) is 7.04. The third-order valence-electron chi connectivity index (χ3n) is 3.01. The molecule has 1 amide bonds. The molecule has 0 aromatic carbocycles. The lowest BCUT2D eigenvalue weighted by atomic mass is 10.0. The van der Waals surface area contributed by atoms with Crippen LogP contribution in [0.3, 0.4) is 0 Å². The van der Waals surface area contributed by atoms with Crippen LogP contribution in [0.2, 0.25) is 0 Å². The van der Waals surface area contributed by atoms with Crippen LogP contribution in [0.25, 0.3) is 0 Å². The fourth-order valence-electron chi connectivity index (χ4n) is 1.91. The van der Waals surface area contributed by atoms with Gasteiger partial charge in [-0.15, -0.1) is 0 Å². The highest BCUT2D eigenvalue weighted by molar-refractivity contribution is 6.08. The van der Waals surface area contributed by atoms with E-state index < -0.39 is 17.5 Å². The number of carboxylic acid groups (broad SMARTS) is 1. The Bertz CT molecular complexity index is 349. The molecule has 6 heteroatoms. The first kappa shape index (κ1) is 16.9. The van der Waals surface area contributed by atoms with Crippen molar-refractivity contribution in [1.82, 2.24) is 5.32 Å². The molecule has 0 saturated carbocycles. The molecule has 2 N–H and O–H groups in total. The molecular formula is C14H25NO5. The number of carbonyl (C=O) groups is 2. The number of ether oxygens (including phenoxy) is 2. The molecule has 0 aromatic rings. The van der Waals surface area contributed by atoms with E-state index in [1.165, 1.54) is 0 Å². The molecule has 116 valence electrons. The maximum absolute atomic E-state index is 12.0. The van der Waals surface area contributed by atoms with E-state index in [2.05, 4.69) is 5.32 Å². The lowest BCUT2D eigenvalue weighted by Gasteiger charge is -2.22. The fourth-order valence-corrected chi connectivity index (χ4v) is 1.91. The van der Waals surface area contributed by atoms with Crippen molar-refractivity contribution in [2.45, 2.75) is 45.8 Å². The summed E-state index contributed by atoms with van der Waals surface area (Å²) in [6.45, 7) is 9.13. The minimum atomic E-state index is -1.67. The van der Waals surface area contributed by atoms with Gasteiger partial charge in [0.05, 0.1) is 19.3 Å². The van der Waals surface area contributed by atoms with Crippen molar-refractivity contribution in [3.8, 4) is 0 Å². The Labute approximate surface area is 119 Å². The van der Waals surface area contributed by atoms with E-state index >= 15 is 0 Å². The van der Waals surface area contributed by atoms with Gasteiger partial charge in [-0.3, -0.25) is 4.79 Å². The standard InChI is InChI=1S/C14H25NO5/c1-9(2)5-11(7-19-6-10(3)4)15-12(16)14(8-20-14)13(17)18/h9-11H,5-8H2,1-4H3,(H,15,16)(H,17,18)/t11-,14?/m0/s1. The average molecular weight is 287 g/mol. The van der Waals surface area contributed by atoms with Crippen LogP contribution in [0.15, 0.2) is 0 Å². The van der Waals surface area contributed by atoms with Gasteiger partial charge in [-0.1, -0.05) is 27.7 Å². The second-order valence-electron chi connectivity index (χ2n) is 6.15. The van der Waals surface area contributed by atoms with Crippen molar-refractivity contribution in [2.24, 2.45) is 11.8 Å². The van der Waals surface area contributed by atoms with Gasteiger partial charge in [0.15, 0.2) is 0 Å². The zero-order chi connectivity index (χ0) is 15.3. The van der Waals surface area contributed by atoms with E-state index in [4.69, 9.17) is 14.6 Å². The van der Waals surface area contributed by atoms with Gasteiger partial charge >= 0.3 is 5.97 Å². The first-order chi connectivity index (χ1) is 9.28. The average Bonchev–Trinajstić information content (AvgIpc) is 3.08. The Morgan fingerprint density at radius 3 is 2.25 bits per heavy atom. The van der Waals surface area contributed by atoms with Crippen LogP contribution in [0, 0.1) is 11.8 Å². The quantitative estimate of drug-likeness (QED) is 0.489. The minimum Gasteiger partial charge on any atom is -0.479 e. The Kier molecular flexibility index (Phi) is 5.95. The summed E-state index contributed by atoms with van der Waals surface area (Å²) in [6, 6.07) is -0.193. The van der Waals surface area contributed by atoms with E-state index in [0.29, 0.717) is 25.0 Å². The fraction of sp³-hybridized carbons (Fsp3) is 0.857. The van der Waals surface area contributed by atoms with Crippen molar-refractivity contribution in [2.75, 3.05) is 19.8 Å². The van der Waals surface area contributed by atoms with Gasteiger partial charge in [0, 0.05) is 6.61 Å². The van der Waals surface area contributed by atoms with Crippen molar-refractivity contribution >= 4 is 11.9 Å². The molecule has 0 spiro atoms. The molecule has 0 radical (unpaired) electrons. The molecule has 1 unspecified atom stereocenters. The smallest absolute Gasteiger partial charge is 0.348 e. The monoisotopic (exact) mass is 287 g/mol. The van der Waals surface area contributed by atoms with Crippen molar-refractivity contribution in [1.29, 1.82) is 0 Å². The van der Waals surface area contributed by atoms with Gasteiger partial charge in [0.25, 0.3) is 11.5 Å². The number of rotatable bonds is 9. The van der Waals surface area contributed by atoms with E-state index in [-0.39, 0.29) is 12.6 Å². The van der Waals surface area contributed by atoms with Crippen LogP contribution in [-0.2, 0) is 19.1 Å². The van der Waals surface area contributed by atoms with E-state index in [1.54, 1.807) is 0 Å². The largest absolute Gasteiger partial charge is 0.479 e. The Hall–Kier alpha value is -1.14. The molecule has 20 heavy (non-hydrogen) atoms. The van der Waals surface area contributed by atoms with Crippen molar-refractivity contribution in [3.05, 3.63) is 0 Å². The third-order valence-corrected chi connectivity index (χ3v) is 3.01. The van der Waals surface area contributed by atoms with E-state index in [0.717, 1.165) is 6.42 Å². The molecule has 1 heterocycles. The topological polar surface area (TPSA) is 88.2 Å². The highest BCUT2D eigenvalue weighted by Crippen LogP contribution is 2.27. The summed E-state index contributed by atoms with van der Waals surface area (Å²) >= 11 is 0. The van der Waals surface area contributed by atoms with Gasteiger partial charge in [0.2, 0.25) is 0 Å². The summed E-state index contributed by atoms with van der Waals surface area (Å²) in [7, 11) is 0. The number of nitrogens with one attached hydrogen (secondary N) is 1. The zero-order valence-corrected chi connectivity index (χ0v) is 12.6. The van der Waals surface area contributed by atoms with Gasteiger partial charge in [-0.25, -0.2) is 4.79 Å². The zero-order valence-electron chi connectivity index (χ0n) is 12.6. The normalized spacial score (nSPS) is 22.9. The number of carbonyl (C=O) groups excluding carboxylic acids is 1. The number of hydrogen-bond donors (Lipinski definition) is 2. The van der Waals surface area contributed by atoms with Crippen molar-refractivity contribution in [3.63, 3.8) is 0 Å². The van der Waals surface area contributed by atoms with Crippen LogP contribution in [0.5, 0.6) is 0 Å². The second-order valence-corrected chi connectivity index (χ2v) is 6.15. The van der Waals surface area contributed by atoms with Crippen LogP contribution in [-0.4, -0.2) is 48.4 Å². The molecule has 0 bridgehead atoms. The minimum absolute atomic E-state index is 0.0601. The summed E-state index contributed by atoms with van der Waals surface area (Å²) in [4.78, 5) is 23.0. The van der Waals surface area contributed by atoms with Crippen LogP contribution in [0.1, 0.15) is 34.1 Å². The summed E-state index contributed by atoms with van der Waals surface area (Å²) < 4.78 is 10.4. The van der Waals surface area contributed by atoms with Crippen molar-refractivity contribution < 1.29 is 24.2 Å². The summed E-state index contributed by atoms with van der Waals surface area (Å²) in [5.74, 6) is -1.02. The first-order valence-corrected chi connectivity index (χ1v) is 7.04. The summed E-state index contributed by atoms with van der Waals surface area (Å²) in [5.41, 5.74) is -1.67. The van der Waals surface area contributed by atoms with Gasteiger partial charge < -0.3 is 19.9 Å². The Morgan fingerprint density at radius 1 is 1.25 bits per heavy atom. The molecule has 6 nitrogen and oxygen atoms in total. The predicted molar refractivity (Wildman–Crippen MR) is 73.4 cm³/mol. The van der Waals surface area contributed by atoms with Gasteiger partial charge in [-0.2, -0.15) is 0 Å². The molecule has 0 aliphatic carbocycles. The lowest BCUT2D eigenvalue weighted by molar-refractivity contribution is -0.149. The predicted octanol–water partition coefficient (Wildman–Crippen LogP) is 1.04. The second kappa shape index (κ2) is 7.04. The van der Waals surface area contributed by atoms with Gasteiger partial charge in [0.1, 0.15) is 0 Å². The van der Waals surface area contributed by atoms with E-state index in [1.807, 2.05) is 27.7 Å². The molecule has 1 fully saturated rings. The molecule has 0 aromatic heterocycles.